The van der Waals surface area contributed by atoms with Crippen molar-refractivity contribution >= 4 is 11.6 Å². The van der Waals surface area contributed by atoms with Gasteiger partial charge in [-0.25, -0.2) is 0 Å². The SMILES string of the molecule is CC(C)(C)C(=O)C(=O)Cc1ccccc1. The molecule has 0 unspecified atom stereocenters. The number of Topliss-reactive ketones (excluding diaryl/α,β-unsaturated/α-hetero) is 2. The lowest BCUT2D eigenvalue weighted by atomic mass is 9.86. The Balaban J connectivity index is 2.69. The summed E-state index contributed by atoms with van der Waals surface area (Å²) in [4.78, 5) is 23.2. The summed E-state index contributed by atoms with van der Waals surface area (Å²) in [5, 5.41) is 0. The molecule has 1 rings (SSSR count). The van der Waals surface area contributed by atoms with E-state index in [1.54, 1.807) is 20.8 Å². The van der Waals surface area contributed by atoms with Crippen LogP contribution in [0.25, 0.3) is 0 Å². The van der Waals surface area contributed by atoms with E-state index in [1.165, 1.54) is 0 Å². The Morgan fingerprint density at radius 1 is 1.07 bits per heavy atom. The fourth-order valence-corrected chi connectivity index (χ4v) is 1.28. The minimum atomic E-state index is -0.578. The molecular formula is C13H16O2. The zero-order chi connectivity index (χ0) is 11.5. The number of benzene rings is 1. The summed E-state index contributed by atoms with van der Waals surface area (Å²) in [6, 6.07) is 9.33. The first-order valence-corrected chi connectivity index (χ1v) is 5.03. The highest BCUT2D eigenvalue weighted by Gasteiger charge is 2.27. The molecule has 0 aliphatic rings. The van der Waals surface area contributed by atoms with Gasteiger partial charge in [0, 0.05) is 11.8 Å². The maximum absolute atomic E-state index is 11.6. The molecule has 0 radical (unpaired) electrons. The van der Waals surface area contributed by atoms with Crippen molar-refractivity contribution in [2.75, 3.05) is 0 Å². The zero-order valence-electron chi connectivity index (χ0n) is 9.41. The van der Waals surface area contributed by atoms with Gasteiger partial charge in [0.1, 0.15) is 0 Å². The molecule has 80 valence electrons. The van der Waals surface area contributed by atoms with Gasteiger partial charge in [-0.2, -0.15) is 0 Å². The van der Waals surface area contributed by atoms with Crippen LogP contribution in [0.5, 0.6) is 0 Å². The quantitative estimate of drug-likeness (QED) is 0.708. The second kappa shape index (κ2) is 4.39. The van der Waals surface area contributed by atoms with E-state index in [1.807, 2.05) is 30.3 Å². The van der Waals surface area contributed by atoms with E-state index >= 15 is 0 Å². The van der Waals surface area contributed by atoms with Gasteiger partial charge in [0.05, 0.1) is 0 Å². The van der Waals surface area contributed by atoms with Gasteiger partial charge in [0.15, 0.2) is 0 Å². The molecule has 0 saturated heterocycles. The Morgan fingerprint density at radius 3 is 2.07 bits per heavy atom. The predicted molar refractivity (Wildman–Crippen MR) is 59.6 cm³/mol. The first kappa shape index (κ1) is 11.6. The third-order valence-corrected chi connectivity index (χ3v) is 2.14. The lowest BCUT2D eigenvalue weighted by Gasteiger charge is -2.14. The molecule has 0 aromatic heterocycles. The standard InChI is InChI=1S/C13H16O2/c1-13(2,3)12(15)11(14)9-10-7-5-4-6-8-10/h4-8H,9H2,1-3H3. The van der Waals surface area contributed by atoms with Crippen molar-refractivity contribution in [2.24, 2.45) is 5.41 Å². The average molecular weight is 204 g/mol. The minimum absolute atomic E-state index is 0.205. The van der Waals surface area contributed by atoms with Crippen LogP contribution in [0.15, 0.2) is 30.3 Å². The first-order valence-electron chi connectivity index (χ1n) is 5.03. The summed E-state index contributed by atoms with van der Waals surface area (Å²) < 4.78 is 0. The highest BCUT2D eigenvalue weighted by Crippen LogP contribution is 2.16. The van der Waals surface area contributed by atoms with Crippen LogP contribution >= 0.6 is 0 Å². The maximum atomic E-state index is 11.6. The Morgan fingerprint density at radius 2 is 1.60 bits per heavy atom. The van der Waals surface area contributed by atoms with Gasteiger partial charge >= 0.3 is 0 Å². The van der Waals surface area contributed by atoms with E-state index in [0.29, 0.717) is 0 Å². The molecule has 0 spiro atoms. The molecule has 0 aliphatic heterocycles. The van der Waals surface area contributed by atoms with Gasteiger partial charge in [0.25, 0.3) is 0 Å². The van der Waals surface area contributed by atoms with Crippen LogP contribution in [-0.2, 0) is 16.0 Å². The summed E-state index contributed by atoms with van der Waals surface area (Å²) in [5.41, 5.74) is 0.311. The van der Waals surface area contributed by atoms with Crippen LogP contribution < -0.4 is 0 Å². The van der Waals surface area contributed by atoms with Gasteiger partial charge in [-0.15, -0.1) is 0 Å². The van der Waals surface area contributed by atoms with E-state index in [9.17, 15) is 9.59 Å². The Hall–Kier alpha value is -1.44. The first-order chi connectivity index (χ1) is 6.91. The molecule has 0 heterocycles. The molecule has 0 N–H and O–H groups in total. The summed E-state index contributed by atoms with van der Waals surface area (Å²) in [6.07, 6.45) is 0.205. The van der Waals surface area contributed by atoms with Crippen molar-refractivity contribution in [3.05, 3.63) is 35.9 Å². The molecule has 0 amide bonds. The van der Waals surface area contributed by atoms with Gasteiger partial charge in [0.2, 0.25) is 11.6 Å². The van der Waals surface area contributed by atoms with Crippen LogP contribution in [0, 0.1) is 5.41 Å². The highest BCUT2D eigenvalue weighted by molar-refractivity contribution is 6.39. The minimum Gasteiger partial charge on any atom is -0.290 e. The van der Waals surface area contributed by atoms with Crippen LogP contribution in [0.3, 0.4) is 0 Å². The fourth-order valence-electron chi connectivity index (χ4n) is 1.28. The van der Waals surface area contributed by atoms with E-state index in [0.717, 1.165) is 5.56 Å². The second-order valence-corrected chi connectivity index (χ2v) is 4.66. The van der Waals surface area contributed by atoms with Crippen molar-refractivity contribution in [2.45, 2.75) is 27.2 Å². The molecular weight excluding hydrogens is 188 g/mol. The highest BCUT2D eigenvalue weighted by atomic mass is 16.2. The Bertz CT molecular complexity index is 358. The third-order valence-electron chi connectivity index (χ3n) is 2.14. The van der Waals surface area contributed by atoms with E-state index in [2.05, 4.69) is 0 Å². The zero-order valence-corrected chi connectivity index (χ0v) is 9.41. The molecule has 1 aromatic carbocycles. The smallest absolute Gasteiger partial charge is 0.204 e. The number of hydrogen-bond acceptors (Lipinski definition) is 2. The van der Waals surface area contributed by atoms with Gasteiger partial charge < -0.3 is 0 Å². The Kier molecular flexibility index (Phi) is 3.40. The molecule has 15 heavy (non-hydrogen) atoms. The van der Waals surface area contributed by atoms with E-state index in [-0.39, 0.29) is 18.0 Å². The van der Waals surface area contributed by atoms with Crippen molar-refractivity contribution < 1.29 is 9.59 Å². The molecule has 0 atom stereocenters. The largest absolute Gasteiger partial charge is 0.290 e. The van der Waals surface area contributed by atoms with Crippen molar-refractivity contribution in [3.63, 3.8) is 0 Å². The summed E-state index contributed by atoms with van der Waals surface area (Å²) in [6.45, 7) is 5.29. The molecule has 2 heteroatoms. The van der Waals surface area contributed by atoms with E-state index in [4.69, 9.17) is 0 Å². The summed E-state index contributed by atoms with van der Waals surface area (Å²) in [7, 11) is 0. The topological polar surface area (TPSA) is 34.1 Å². The van der Waals surface area contributed by atoms with Gasteiger partial charge in [-0.3, -0.25) is 9.59 Å². The predicted octanol–water partition coefficient (Wildman–Crippen LogP) is 2.41. The number of rotatable bonds is 3. The monoisotopic (exact) mass is 204 g/mol. The Labute approximate surface area is 90.3 Å². The maximum Gasteiger partial charge on any atom is 0.204 e. The average Bonchev–Trinajstić information content (AvgIpc) is 2.16. The van der Waals surface area contributed by atoms with Crippen molar-refractivity contribution in [3.8, 4) is 0 Å². The molecule has 1 aromatic rings. The van der Waals surface area contributed by atoms with Crippen LogP contribution in [-0.4, -0.2) is 11.6 Å². The molecule has 0 fully saturated rings. The molecule has 0 bridgehead atoms. The number of ketones is 2. The third kappa shape index (κ3) is 3.31. The fraction of sp³-hybridized carbons (Fsp3) is 0.385. The normalized spacial score (nSPS) is 11.1. The number of hydrogen-bond donors (Lipinski definition) is 0. The van der Waals surface area contributed by atoms with E-state index < -0.39 is 5.41 Å². The summed E-state index contributed by atoms with van der Waals surface area (Å²) in [5.74, 6) is -0.611. The lowest BCUT2D eigenvalue weighted by molar-refractivity contribution is -0.140. The number of carbonyl (C=O) groups excluding carboxylic acids is 2. The molecule has 0 aliphatic carbocycles. The van der Waals surface area contributed by atoms with Crippen molar-refractivity contribution in [1.82, 2.24) is 0 Å². The van der Waals surface area contributed by atoms with Crippen LogP contribution in [0.1, 0.15) is 26.3 Å². The second-order valence-electron chi connectivity index (χ2n) is 4.66. The van der Waals surface area contributed by atoms with Crippen LogP contribution in [0.2, 0.25) is 0 Å². The van der Waals surface area contributed by atoms with Gasteiger partial charge in [-0.1, -0.05) is 51.1 Å². The van der Waals surface area contributed by atoms with Crippen molar-refractivity contribution in [1.29, 1.82) is 0 Å². The molecule has 0 saturated carbocycles. The van der Waals surface area contributed by atoms with Crippen LogP contribution in [0.4, 0.5) is 0 Å². The summed E-state index contributed by atoms with van der Waals surface area (Å²) >= 11 is 0. The molecule has 2 nitrogen and oxygen atoms in total. The van der Waals surface area contributed by atoms with Gasteiger partial charge in [-0.05, 0) is 5.56 Å². The lowest BCUT2D eigenvalue weighted by Crippen LogP contribution is -2.29. The number of carbonyl (C=O) groups is 2.